The summed E-state index contributed by atoms with van der Waals surface area (Å²) in [6.07, 6.45) is 13.9. The number of rotatable bonds is 14. The van der Waals surface area contributed by atoms with Crippen LogP contribution in [0, 0.1) is 18.3 Å². The zero-order chi connectivity index (χ0) is 37.6. The Labute approximate surface area is 312 Å². The van der Waals surface area contributed by atoms with Gasteiger partial charge < -0.3 is 23.4 Å². The Bertz CT molecular complexity index is 1620. The Balaban J connectivity index is 1.57. The topological polar surface area (TPSA) is 63.2 Å². The molecule has 0 amide bonds. The van der Waals surface area contributed by atoms with E-state index in [9.17, 15) is 4.79 Å². The van der Waals surface area contributed by atoms with Crippen LogP contribution in [-0.4, -0.2) is 50.6 Å². The largest absolute Gasteiger partial charge is 0.454 e. The van der Waals surface area contributed by atoms with Crippen LogP contribution < -0.4 is 0 Å². The highest BCUT2D eigenvalue weighted by atomic mass is 28.4. The zero-order valence-corrected chi connectivity index (χ0v) is 33.1. The molecule has 0 bridgehead atoms. The standard InChI is InChI=1S/C45H56O6Si/c1-10-34-27-28-41(46)48-39(34)29-30-44(40(49-43(6,7)51-44)33-38(11-2)50-52(8,9)42(3,4)5)31-32-47-45(35-21-15-12-16-22-35,36-23-17-13-18-24-36)37-25-19-14-20-26-37/h2,12-30,34,38-40H,10,31-33H2,1,3-9H3/b30-29+/t34-,38-,39-,40+,44-/m0/s1. The van der Waals surface area contributed by atoms with Crippen LogP contribution in [-0.2, 0) is 33.8 Å². The molecule has 7 heteroatoms. The Morgan fingerprint density at radius 2 is 1.46 bits per heavy atom. The SMILES string of the molecule is C#C[C@@H](C[C@H]1OC(C)(C)O[C@@]1(/C=C/[C@@H]1OC(=O)C=C[C@@H]1CC)CCOC(c1ccccc1)(c1ccccc1)c1ccccc1)O[Si](C)(C)C(C)(C)C. The third-order valence-corrected chi connectivity index (χ3v) is 15.3. The van der Waals surface area contributed by atoms with Gasteiger partial charge >= 0.3 is 5.97 Å². The predicted molar refractivity (Wildman–Crippen MR) is 210 cm³/mol. The second-order valence-corrected chi connectivity index (χ2v) is 20.7. The minimum absolute atomic E-state index is 0.0254. The molecule has 2 aliphatic rings. The van der Waals surface area contributed by atoms with Crippen molar-refractivity contribution in [2.75, 3.05) is 6.61 Å². The van der Waals surface area contributed by atoms with Gasteiger partial charge in [0.05, 0.1) is 12.7 Å². The van der Waals surface area contributed by atoms with Crippen LogP contribution in [0.1, 0.15) is 77.5 Å². The number of esters is 1. The quantitative estimate of drug-likeness (QED) is 0.0544. The molecule has 3 aromatic rings. The van der Waals surface area contributed by atoms with Gasteiger partial charge in [0.1, 0.15) is 23.4 Å². The predicted octanol–water partition coefficient (Wildman–Crippen LogP) is 9.75. The van der Waals surface area contributed by atoms with Crippen LogP contribution >= 0.6 is 0 Å². The molecule has 1 fully saturated rings. The maximum absolute atomic E-state index is 12.4. The molecule has 0 spiro atoms. The molecule has 0 radical (unpaired) electrons. The number of hydrogen-bond acceptors (Lipinski definition) is 6. The zero-order valence-electron chi connectivity index (χ0n) is 32.1. The first-order chi connectivity index (χ1) is 24.6. The summed E-state index contributed by atoms with van der Waals surface area (Å²) in [5.74, 6) is 1.69. The number of hydrogen-bond donors (Lipinski definition) is 0. The fourth-order valence-corrected chi connectivity index (χ4v) is 8.29. The molecule has 3 aromatic carbocycles. The highest BCUT2D eigenvalue weighted by Gasteiger charge is 2.53. The average Bonchev–Trinajstić information content (AvgIpc) is 3.38. The number of carbonyl (C=O) groups excluding carboxylic acids is 1. The first-order valence-corrected chi connectivity index (χ1v) is 21.5. The van der Waals surface area contributed by atoms with E-state index in [-0.39, 0.29) is 16.9 Å². The van der Waals surface area contributed by atoms with Crippen LogP contribution in [0.4, 0.5) is 0 Å². The first kappa shape index (κ1) is 39.4. The lowest BCUT2D eigenvalue weighted by Crippen LogP contribution is -2.47. The van der Waals surface area contributed by atoms with Gasteiger partial charge in [-0.15, -0.1) is 6.42 Å². The van der Waals surface area contributed by atoms with E-state index in [1.165, 1.54) is 6.08 Å². The second kappa shape index (κ2) is 16.1. The highest BCUT2D eigenvalue weighted by molar-refractivity contribution is 6.74. The summed E-state index contributed by atoms with van der Waals surface area (Å²) < 4.78 is 33.6. The number of benzene rings is 3. The summed E-state index contributed by atoms with van der Waals surface area (Å²) in [6, 6.07) is 31.0. The number of ether oxygens (including phenoxy) is 4. The third kappa shape index (κ3) is 8.70. The van der Waals surface area contributed by atoms with Crippen molar-refractivity contribution >= 4 is 14.3 Å². The van der Waals surface area contributed by atoms with Crippen LogP contribution in [0.5, 0.6) is 0 Å². The number of cyclic esters (lactones) is 1. The molecule has 0 aliphatic carbocycles. The van der Waals surface area contributed by atoms with Gasteiger partial charge in [-0.05, 0) is 61.2 Å². The van der Waals surface area contributed by atoms with Crippen molar-refractivity contribution in [3.8, 4) is 12.3 Å². The Morgan fingerprint density at radius 1 is 0.923 bits per heavy atom. The first-order valence-electron chi connectivity index (χ1n) is 18.6. The lowest BCUT2D eigenvalue weighted by atomic mass is 9.80. The van der Waals surface area contributed by atoms with E-state index in [0.29, 0.717) is 19.4 Å². The molecule has 52 heavy (non-hydrogen) atoms. The minimum atomic E-state index is -2.22. The van der Waals surface area contributed by atoms with Gasteiger partial charge in [-0.1, -0.05) is 137 Å². The fraction of sp³-hybridized carbons (Fsp3) is 0.444. The molecular weight excluding hydrogens is 665 g/mol. The molecule has 5 atom stereocenters. The second-order valence-electron chi connectivity index (χ2n) is 15.9. The van der Waals surface area contributed by atoms with Crippen molar-refractivity contribution in [3.05, 3.63) is 132 Å². The maximum Gasteiger partial charge on any atom is 0.331 e. The van der Waals surface area contributed by atoms with Crippen LogP contribution in [0.3, 0.4) is 0 Å². The normalized spacial score (nSPS) is 24.1. The van der Waals surface area contributed by atoms with Gasteiger partial charge in [0.2, 0.25) is 0 Å². The van der Waals surface area contributed by atoms with Crippen molar-refractivity contribution in [2.24, 2.45) is 5.92 Å². The molecule has 2 heterocycles. The van der Waals surface area contributed by atoms with Gasteiger partial charge in [0.15, 0.2) is 14.1 Å². The maximum atomic E-state index is 12.4. The minimum Gasteiger partial charge on any atom is -0.454 e. The molecule has 0 saturated carbocycles. The molecule has 0 unspecified atom stereocenters. The fourth-order valence-electron chi connectivity index (χ4n) is 7.06. The summed E-state index contributed by atoms with van der Waals surface area (Å²) in [6.45, 7) is 17.3. The van der Waals surface area contributed by atoms with E-state index in [1.54, 1.807) is 0 Å². The number of carbonyl (C=O) groups is 1. The average molecular weight is 721 g/mol. The molecule has 0 N–H and O–H groups in total. The molecule has 1 saturated heterocycles. The van der Waals surface area contributed by atoms with Crippen molar-refractivity contribution in [2.45, 2.75) is 114 Å². The Hall–Kier alpha value is -3.77. The monoisotopic (exact) mass is 720 g/mol. The summed E-state index contributed by atoms with van der Waals surface area (Å²) in [5.41, 5.74) is 1.14. The van der Waals surface area contributed by atoms with E-state index in [0.717, 1.165) is 23.1 Å². The molecular formula is C45H56O6Si. The Morgan fingerprint density at radius 3 is 1.94 bits per heavy atom. The van der Waals surface area contributed by atoms with Crippen LogP contribution in [0.15, 0.2) is 115 Å². The summed E-state index contributed by atoms with van der Waals surface area (Å²) in [5, 5.41) is -0.0254. The van der Waals surface area contributed by atoms with Crippen molar-refractivity contribution in [1.82, 2.24) is 0 Å². The highest BCUT2D eigenvalue weighted by Crippen LogP contribution is 2.46. The summed E-state index contributed by atoms with van der Waals surface area (Å²) >= 11 is 0. The van der Waals surface area contributed by atoms with Crippen LogP contribution in [0.25, 0.3) is 0 Å². The smallest absolute Gasteiger partial charge is 0.331 e. The van der Waals surface area contributed by atoms with Gasteiger partial charge in [0, 0.05) is 24.8 Å². The molecule has 0 aromatic heterocycles. The van der Waals surface area contributed by atoms with E-state index in [4.69, 9.17) is 29.8 Å². The van der Waals surface area contributed by atoms with E-state index >= 15 is 0 Å². The van der Waals surface area contributed by atoms with Gasteiger partial charge in [-0.2, -0.15) is 0 Å². The molecule has 276 valence electrons. The summed E-state index contributed by atoms with van der Waals surface area (Å²) in [7, 11) is -2.22. The van der Waals surface area contributed by atoms with Gasteiger partial charge in [-0.3, -0.25) is 0 Å². The molecule has 6 nitrogen and oxygen atoms in total. The number of terminal acetylenes is 1. The summed E-state index contributed by atoms with van der Waals surface area (Å²) in [4.78, 5) is 12.4. The van der Waals surface area contributed by atoms with Crippen molar-refractivity contribution < 1.29 is 28.2 Å². The van der Waals surface area contributed by atoms with Crippen molar-refractivity contribution in [1.29, 1.82) is 0 Å². The Kier molecular flexibility index (Phi) is 12.2. The van der Waals surface area contributed by atoms with E-state index < -0.39 is 43.6 Å². The van der Waals surface area contributed by atoms with Gasteiger partial charge in [-0.25, -0.2) is 4.79 Å². The van der Waals surface area contributed by atoms with E-state index in [2.05, 4.69) is 83.1 Å². The van der Waals surface area contributed by atoms with Gasteiger partial charge in [0.25, 0.3) is 0 Å². The van der Waals surface area contributed by atoms with E-state index in [1.807, 2.05) is 86.7 Å². The molecule has 5 rings (SSSR count). The lowest BCUT2D eigenvalue weighted by Gasteiger charge is -2.40. The van der Waals surface area contributed by atoms with Crippen LogP contribution in [0.2, 0.25) is 18.1 Å². The third-order valence-electron chi connectivity index (χ3n) is 10.8. The lowest BCUT2D eigenvalue weighted by molar-refractivity contribution is -0.160. The van der Waals surface area contributed by atoms with Crippen molar-refractivity contribution in [3.63, 3.8) is 0 Å². The molecule has 2 aliphatic heterocycles.